The van der Waals surface area contributed by atoms with Gasteiger partial charge >= 0.3 is 0 Å². The summed E-state index contributed by atoms with van der Waals surface area (Å²) in [6, 6.07) is 9.89. The van der Waals surface area contributed by atoms with Gasteiger partial charge in [0, 0.05) is 10.5 Å². The van der Waals surface area contributed by atoms with Gasteiger partial charge in [0.1, 0.15) is 5.75 Å². The minimum Gasteiger partial charge on any atom is -0.495 e. The summed E-state index contributed by atoms with van der Waals surface area (Å²) in [4.78, 5) is 26.0. The van der Waals surface area contributed by atoms with Crippen LogP contribution in [0.2, 0.25) is 5.02 Å². The molecule has 0 atom stereocenters. The number of fused-ring (bicyclic) bond motifs is 1. The summed E-state index contributed by atoms with van der Waals surface area (Å²) < 4.78 is 5.69. The molecule has 106 valence electrons. The molecule has 3 rings (SSSR count). The Morgan fingerprint density at radius 3 is 2.19 bits per heavy atom. The molecule has 0 aliphatic carbocycles. The van der Waals surface area contributed by atoms with Crippen molar-refractivity contribution >= 4 is 45.0 Å². The highest BCUT2D eigenvalue weighted by Crippen LogP contribution is 2.39. The molecular formula is C15H9BrClNO3. The Bertz CT molecular complexity index is 741. The van der Waals surface area contributed by atoms with Crippen molar-refractivity contribution in [1.29, 1.82) is 0 Å². The molecule has 2 aromatic carbocycles. The third kappa shape index (κ3) is 2.13. The van der Waals surface area contributed by atoms with Crippen LogP contribution in [0.25, 0.3) is 0 Å². The summed E-state index contributed by atoms with van der Waals surface area (Å²) in [5.74, 6) is -0.326. The second-order valence-electron chi connectivity index (χ2n) is 4.43. The van der Waals surface area contributed by atoms with Crippen LogP contribution >= 0.6 is 27.5 Å². The molecule has 0 saturated carbocycles. The Morgan fingerprint density at radius 2 is 1.67 bits per heavy atom. The topological polar surface area (TPSA) is 46.6 Å². The lowest BCUT2D eigenvalue weighted by atomic mass is 10.1. The van der Waals surface area contributed by atoms with E-state index in [2.05, 4.69) is 15.9 Å². The van der Waals surface area contributed by atoms with Crippen molar-refractivity contribution in [3.05, 3.63) is 57.0 Å². The summed E-state index contributed by atoms with van der Waals surface area (Å²) in [6.07, 6.45) is 0. The Morgan fingerprint density at radius 1 is 1.10 bits per heavy atom. The van der Waals surface area contributed by atoms with Gasteiger partial charge in [-0.1, -0.05) is 23.7 Å². The Kier molecular flexibility index (Phi) is 3.47. The van der Waals surface area contributed by atoms with Gasteiger partial charge in [0.05, 0.1) is 28.9 Å². The van der Waals surface area contributed by atoms with Crippen molar-refractivity contribution in [2.75, 3.05) is 12.0 Å². The van der Waals surface area contributed by atoms with Crippen LogP contribution in [0.3, 0.4) is 0 Å². The lowest BCUT2D eigenvalue weighted by Crippen LogP contribution is -2.29. The van der Waals surface area contributed by atoms with Gasteiger partial charge in [-0.15, -0.1) is 0 Å². The second-order valence-corrected chi connectivity index (χ2v) is 5.69. The highest BCUT2D eigenvalue weighted by atomic mass is 79.9. The average Bonchev–Trinajstić information content (AvgIpc) is 2.72. The summed E-state index contributed by atoms with van der Waals surface area (Å²) in [7, 11) is 1.47. The first-order chi connectivity index (χ1) is 10.0. The Hall–Kier alpha value is -1.85. The number of carbonyl (C=O) groups excluding carboxylic acids is 2. The zero-order valence-corrected chi connectivity index (χ0v) is 13.2. The molecule has 1 heterocycles. The molecular weight excluding hydrogens is 358 g/mol. The van der Waals surface area contributed by atoms with Gasteiger partial charge in [-0.2, -0.15) is 0 Å². The molecule has 1 aliphatic heterocycles. The number of methoxy groups -OCH3 is 1. The van der Waals surface area contributed by atoms with Crippen LogP contribution in [0, 0.1) is 0 Å². The van der Waals surface area contributed by atoms with E-state index in [9.17, 15) is 9.59 Å². The average molecular weight is 367 g/mol. The van der Waals surface area contributed by atoms with Crippen molar-refractivity contribution < 1.29 is 14.3 Å². The van der Waals surface area contributed by atoms with Crippen molar-refractivity contribution in [1.82, 2.24) is 0 Å². The van der Waals surface area contributed by atoms with E-state index in [4.69, 9.17) is 16.3 Å². The number of imide groups is 1. The summed E-state index contributed by atoms with van der Waals surface area (Å²) in [6.45, 7) is 0. The number of ether oxygens (including phenoxy) is 1. The zero-order valence-electron chi connectivity index (χ0n) is 10.9. The van der Waals surface area contributed by atoms with E-state index in [0.29, 0.717) is 32.1 Å². The predicted molar refractivity (Wildman–Crippen MR) is 83.3 cm³/mol. The fourth-order valence-corrected chi connectivity index (χ4v) is 3.15. The lowest BCUT2D eigenvalue weighted by molar-refractivity contribution is 0.0926. The Balaban J connectivity index is 2.15. The van der Waals surface area contributed by atoms with Crippen LogP contribution in [-0.2, 0) is 0 Å². The molecule has 0 aromatic heterocycles. The number of benzene rings is 2. The highest BCUT2D eigenvalue weighted by molar-refractivity contribution is 9.10. The van der Waals surface area contributed by atoms with Gasteiger partial charge in [0.15, 0.2) is 0 Å². The molecule has 21 heavy (non-hydrogen) atoms. The van der Waals surface area contributed by atoms with E-state index in [-0.39, 0.29) is 11.8 Å². The van der Waals surface area contributed by atoms with Gasteiger partial charge in [0.2, 0.25) is 0 Å². The number of nitrogens with zero attached hydrogens (tertiary/aromatic N) is 1. The van der Waals surface area contributed by atoms with Crippen LogP contribution in [-0.4, -0.2) is 18.9 Å². The maximum atomic E-state index is 12.5. The third-order valence-electron chi connectivity index (χ3n) is 3.26. The molecule has 6 heteroatoms. The predicted octanol–water partition coefficient (Wildman–Crippen LogP) is 3.91. The van der Waals surface area contributed by atoms with Crippen molar-refractivity contribution in [2.45, 2.75) is 0 Å². The maximum absolute atomic E-state index is 12.5. The minimum absolute atomic E-state index is 0.360. The van der Waals surface area contributed by atoms with Crippen LogP contribution in [0.1, 0.15) is 20.7 Å². The standard InChI is InChI=1S/C15H9BrClNO3/c1-21-13-7-12(10(16)6-11(13)17)18-14(19)8-4-2-3-5-9(8)15(18)20/h2-7H,1H3. The number of hydrogen-bond acceptors (Lipinski definition) is 3. The molecule has 0 unspecified atom stereocenters. The number of anilines is 1. The first-order valence-electron chi connectivity index (χ1n) is 6.05. The maximum Gasteiger partial charge on any atom is 0.266 e. The second kappa shape index (κ2) is 5.16. The smallest absolute Gasteiger partial charge is 0.266 e. The number of halogens is 2. The fraction of sp³-hybridized carbons (Fsp3) is 0.0667. The SMILES string of the molecule is COc1cc(N2C(=O)c3ccccc3C2=O)c(Br)cc1Cl. The van der Waals surface area contributed by atoms with Gasteiger partial charge in [-0.3, -0.25) is 9.59 Å². The van der Waals surface area contributed by atoms with Crippen molar-refractivity contribution in [3.8, 4) is 5.75 Å². The van der Waals surface area contributed by atoms with Crippen LogP contribution in [0.5, 0.6) is 5.75 Å². The molecule has 0 bridgehead atoms. The van der Waals surface area contributed by atoms with Gasteiger partial charge in [-0.25, -0.2) is 4.90 Å². The van der Waals surface area contributed by atoms with Crippen LogP contribution in [0.15, 0.2) is 40.9 Å². The molecule has 1 aliphatic rings. The minimum atomic E-state index is -0.360. The fourth-order valence-electron chi connectivity index (χ4n) is 2.25. The molecule has 0 saturated heterocycles. The number of hydrogen-bond donors (Lipinski definition) is 0. The Labute approximate surface area is 134 Å². The van der Waals surface area contributed by atoms with Gasteiger partial charge in [-0.05, 0) is 34.1 Å². The zero-order chi connectivity index (χ0) is 15.1. The molecule has 0 fully saturated rings. The van der Waals surface area contributed by atoms with E-state index in [1.165, 1.54) is 7.11 Å². The summed E-state index contributed by atoms with van der Waals surface area (Å²) in [5.41, 5.74) is 1.19. The first-order valence-corrected chi connectivity index (χ1v) is 7.22. The molecule has 2 amide bonds. The highest BCUT2D eigenvalue weighted by Gasteiger charge is 2.37. The third-order valence-corrected chi connectivity index (χ3v) is 4.19. The monoisotopic (exact) mass is 365 g/mol. The van der Waals surface area contributed by atoms with E-state index in [0.717, 1.165) is 4.90 Å². The lowest BCUT2D eigenvalue weighted by Gasteiger charge is -2.17. The number of rotatable bonds is 2. The molecule has 0 N–H and O–H groups in total. The van der Waals surface area contributed by atoms with Crippen molar-refractivity contribution in [2.24, 2.45) is 0 Å². The van der Waals surface area contributed by atoms with Crippen LogP contribution < -0.4 is 9.64 Å². The molecule has 0 spiro atoms. The van der Waals surface area contributed by atoms with Crippen LogP contribution in [0.4, 0.5) is 5.69 Å². The summed E-state index contributed by atoms with van der Waals surface area (Å²) in [5, 5.41) is 0.393. The van der Waals surface area contributed by atoms with Crippen molar-refractivity contribution in [3.63, 3.8) is 0 Å². The molecule has 4 nitrogen and oxygen atoms in total. The summed E-state index contributed by atoms with van der Waals surface area (Å²) >= 11 is 9.36. The van der Waals surface area contributed by atoms with E-state index >= 15 is 0 Å². The largest absolute Gasteiger partial charge is 0.495 e. The van der Waals surface area contributed by atoms with E-state index in [1.807, 2.05) is 0 Å². The van der Waals surface area contributed by atoms with Gasteiger partial charge < -0.3 is 4.74 Å². The van der Waals surface area contributed by atoms with E-state index in [1.54, 1.807) is 36.4 Å². The van der Waals surface area contributed by atoms with Gasteiger partial charge in [0.25, 0.3) is 11.8 Å². The first kappa shape index (κ1) is 14.1. The molecule has 0 radical (unpaired) electrons. The normalized spacial score (nSPS) is 13.6. The quantitative estimate of drug-likeness (QED) is 0.757. The number of amides is 2. The number of carbonyl (C=O) groups is 2. The van der Waals surface area contributed by atoms with E-state index < -0.39 is 0 Å². The molecule has 2 aromatic rings.